The Morgan fingerprint density at radius 1 is 1.50 bits per heavy atom. The number of carbonyl (C=O) groups is 1. The Morgan fingerprint density at radius 3 is 2.72 bits per heavy atom. The zero-order valence-corrected chi connectivity index (χ0v) is 12.7. The topological polar surface area (TPSA) is 46.3 Å². The number of hydrogen-bond acceptors (Lipinski definition) is 3. The normalized spacial score (nSPS) is 16.3. The first-order valence-electron chi connectivity index (χ1n) is 6.80. The van der Waals surface area contributed by atoms with Crippen molar-refractivity contribution in [1.82, 2.24) is 4.90 Å². The van der Waals surface area contributed by atoms with Crippen molar-refractivity contribution in [3.05, 3.63) is 11.8 Å². The molecule has 1 aliphatic rings. The van der Waals surface area contributed by atoms with Gasteiger partial charge in [-0.3, -0.25) is 4.79 Å². The van der Waals surface area contributed by atoms with Gasteiger partial charge in [0.25, 0.3) is 0 Å². The smallest absolute Gasteiger partial charge is 0.236 e. The van der Waals surface area contributed by atoms with Crippen LogP contribution in [0.2, 0.25) is 0 Å². The lowest BCUT2D eigenvalue weighted by atomic mass is 10.0. The summed E-state index contributed by atoms with van der Waals surface area (Å²) in [6.07, 6.45) is 6.85. The van der Waals surface area contributed by atoms with E-state index in [1.165, 1.54) is 18.5 Å². The van der Waals surface area contributed by atoms with Crippen LogP contribution in [0.5, 0.6) is 0 Å². The van der Waals surface area contributed by atoms with Crippen molar-refractivity contribution >= 4 is 17.7 Å². The van der Waals surface area contributed by atoms with Gasteiger partial charge in [-0.2, -0.15) is 11.8 Å². The van der Waals surface area contributed by atoms with Crippen LogP contribution in [0.3, 0.4) is 0 Å². The van der Waals surface area contributed by atoms with Crippen LogP contribution in [0.15, 0.2) is 11.8 Å². The van der Waals surface area contributed by atoms with E-state index in [1.807, 2.05) is 25.7 Å². The maximum atomic E-state index is 12.2. The molecule has 0 aromatic rings. The number of carbonyl (C=O) groups excluding carboxylic acids is 1. The molecule has 0 fully saturated rings. The van der Waals surface area contributed by atoms with E-state index >= 15 is 0 Å². The van der Waals surface area contributed by atoms with Crippen LogP contribution in [0.25, 0.3) is 0 Å². The Hall–Kier alpha value is -0.480. The van der Waals surface area contributed by atoms with Gasteiger partial charge in [0, 0.05) is 23.5 Å². The van der Waals surface area contributed by atoms with Crippen molar-refractivity contribution < 1.29 is 4.79 Å². The Labute approximate surface area is 115 Å². The van der Waals surface area contributed by atoms with Crippen molar-refractivity contribution in [1.29, 1.82) is 0 Å². The number of allylic oxidation sites excluding steroid dienone is 2. The average Bonchev–Trinajstić information content (AvgIpc) is 2.29. The van der Waals surface area contributed by atoms with E-state index in [-0.39, 0.29) is 11.4 Å². The molecule has 0 aromatic heterocycles. The fourth-order valence-electron chi connectivity index (χ4n) is 2.09. The summed E-state index contributed by atoms with van der Waals surface area (Å²) in [6.45, 7) is 6.81. The van der Waals surface area contributed by atoms with Gasteiger partial charge in [0.2, 0.25) is 5.91 Å². The highest BCUT2D eigenvalue weighted by Gasteiger charge is 2.19. The predicted octanol–water partition coefficient (Wildman–Crippen LogP) is 2.76. The van der Waals surface area contributed by atoms with Crippen LogP contribution in [-0.2, 0) is 4.79 Å². The van der Waals surface area contributed by atoms with Crippen molar-refractivity contribution in [2.75, 3.05) is 18.1 Å². The fourth-order valence-corrected chi connectivity index (χ4v) is 3.04. The number of nitrogens with two attached hydrogens (primary N) is 1. The zero-order chi connectivity index (χ0) is 13.6. The molecule has 0 aromatic carbocycles. The molecule has 18 heavy (non-hydrogen) atoms. The molecule has 0 atom stereocenters. The molecule has 0 saturated heterocycles. The molecule has 0 aliphatic heterocycles. The maximum absolute atomic E-state index is 12.2. The Kier molecular flexibility index (Phi) is 6.22. The molecule has 0 saturated carbocycles. The zero-order valence-electron chi connectivity index (χ0n) is 11.9. The second kappa shape index (κ2) is 7.19. The van der Waals surface area contributed by atoms with E-state index in [2.05, 4.69) is 6.08 Å². The standard InChI is InChI=1S/C14H26N2OS/c1-4-16(12-8-6-5-7-9-12)13(17)10-18-11-14(2,3)15/h8H,4-7,9-11,15H2,1-3H3. The molecule has 3 nitrogen and oxygen atoms in total. The lowest BCUT2D eigenvalue weighted by molar-refractivity contribution is -0.126. The summed E-state index contributed by atoms with van der Waals surface area (Å²) >= 11 is 1.63. The summed E-state index contributed by atoms with van der Waals surface area (Å²) in [5.74, 6) is 1.57. The fraction of sp³-hybridized carbons (Fsp3) is 0.786. The molecular weight excluding hydrogens is 244 g/mol. The quantitative estimate of drug-likeness (QED) is 0.807. The van der Waals surface area contributed by atoms with Crippen LogP contribution < -0.4 is 5.73 Å². The molecule has 4 heteroatoms. The molecule has 0 spiro atoms. The van der Waals surface area contributed by atoms with E-state index in [9.17, 15) is 4.79 Å². The number of thioether (sulfide) groups is 1. The molecule has 2 N–H and O–H groups in total. The molecule has 1 aliphatic carbocycles. The third-order valence-electron chi connectivity index (χ3n) is 2.93. The Morgan fingerprint density at radius 2 is 2.22 bits per heavy atom. The third-order valence-corrected chi connectivity index (χ3v) is 4.33. The van der Waals surface area contributed by atoms with Crippen molar-refractivity contribution in [2.45, 2.75) is 52.0 Å². The second-order valence-electron chi connectivity index (χ2n) is 5.56. The first-order valence-corrected chi connectivity index (χ1v) is 7.95. The van der Waals surface area contributed by atoms with Gasteiger partial charge in [0.15, 0.2) is 0 Å². The van der Waals surface area contributed by atoms with Crippen molar-refractivity contribution in [3.63, 3.8) is 0 Å². The van der Waals surface area contributed by atoms with Gasteiger partial charge >= 0.3 is 0 Å². The molecule has 1 rings (SSSR count). The number of amides is 1. The van der Waals surface area contributed by atoms with E-state index in [0.29, 0.717) is 5.75 Å². The van der Waals surface area contributed by atoms with Crippen LogP contribution in [0.4, 0.5) is 0 Å². The highest BCUT2D eigenvalue weighted by Crippen LogP contribution is 2.22. The third kappa shape index (κ3) is 5.44. The molecule has 104 valence electrons. The van der Waals surface area contributed by atoms with Crippen LogP contribution >= 0.6 is 11.8 Å². The van der Waals surface area contributed by atoms with E-state index in [4.69, 9.17) is 5.73 Å². The SMILES string of the molecule is CCN(C(=O)CSCC(C)(C)N)C1=CCCCC1. The van der Waals surface area contributed by atoms with Gasteiger partial charge < -0.3 is 10.6 Å². The van der Waals surface area contributed by atoms with Gasteiger partial charge in [-0.05, 0) is 46.5 Å². The minimum atomic E-state index is -0.202. The van der Waals surface area contributed by atoms with E-state index in [0.717, 1.165) is 25.1 Å². The average molecular weight is 270 g/mol. The predicted molar refractivity (Wildman–Crippen MR) is 79.5 cm³/mol. The van der Waals surface area contributed by atoms with Crippen LogP contribution in [-0.4, -0.2) is 34.4 Å². The molecule has 0 radical (unpaired) electrons. The summed E-state index contributed by atoms with van der Waals surface area (Å²) in [4.78, 5) is 14.1. The summed E-state index contributed by atoms with van der Waals surface area (Å²) < 4.78 is 0. The first-order chi connectivity index (χ1) is 8.44. The van der Waals surface area contributed by atoms with Crippen molar-refractivity contribution in [3.8, 4) is 0 Å². The second-order valence-corrected chi connectivity index (χ2v) is 6.55. The van der Waals surface area contributed by atoms with E-state index in [1.54, 1.807) is 11.8 Å². The van der Waals surface area contributed by atoms with Gasteiger partial charge in [0.1, 0.15) is 0 Å². The van der Waals surface area contributed by atoms with Gasteiger partial charge in [-0.15, -0.1) is 0 Å². The maximum Gasteiger partial charge on any atom is 0.236 e. The number of rotatable bonds is 6. The highest BCUT2D eigenvalue weighted by molar-refractivity contribution is 8.00. The minimum absolute atomic E-state index is 0.202. The van der Waals surface area contributed by atoms with Crippen LogP contribution in [0, 0.1) is 0 Å². The summed E-state index contributed by atoms with van der Waals surface area (Å²) in [6, 6.07) is 0. The molecular formula is C14H26N2OS. The van der Waals surface area contributed by atoms with Crippen LogP contribution in [0.1, 0.15) is 46.5 Å². The molecule has 1 amide bonds. The lowest BCUT2D eigenvalue weighted by Gasteiger charge is -2.27. The van der Waals surface area contributed by atoms with Gasteiger partial charge in [-0.1, -0.05) is 6.08 Å². The first kappa shape index (κ1) is 15.6. The monoisotopic (exact) mass is 270 g/mol. The van der Waals surface area contributed by atoms with Gasteiger partial charge in [0.05, 0.1) is 5.75 Å². The summed E-state index contributed by atoms with van der Waals surface area (Å²) in [7, 11) is 0. The minimum Gasteiger partial charge on any atom is -0.325 e. The Balaban J connectivity index is 2.44. The molecule has 0 unspecified atom stereocenters. The number of nitrogens with zero attached hydrogens (tertiary/aromatic N) is 1. The van der Waals surface area contributed by atoms with E-state index < -0.39 is 0 Å². The largest absolute Gasteiger partial charge is 0.325 e. The number of hydrogen-bond donors (Lipinski definition) is 1. The lowest BCUT2D eigenvalue weighted by Crippen LogP contribution is -2.36. The summed E-state index contributed by atoms with van der Waals surface area (Å²) in [5.41, 5.74) is 6.94. The Bertz CT molecular complexity index is 307. The van der Waals surface area contributed by atoms with Gasteiger partial charge in [-0.25, -0.2) is 0 Å². The van der Waals surface area contributed by atoms with Crippen molar-refractivity contribution in [2.24, 2.45) is 5.73 Å². The molecule has 0 heterocycles. The summed E-state index contributed by atoms with van der Waals surface area (Å²) in [5, 5.41) is 0. The highest BCUT2D eigenvalue weighted by atomic mass is 32.2. The molecule has 0 bridgehead atoms.